The lowest BCUT2D eigenvalue weighted by molar-refractivity contribution is -0.383. The van der Waals surface area contributed by atoms with Crippen molar-refractivity contribution in [3.63, 3.8) is 0 Å². The molecule has 0 amide bonds. The number of nitrogens with zero attached hydrogens (tertiary/aromatic N) is 3. The molecule has 2 rings (SSSR count). The van der Waals surface area contributed by atoms with Crippen LogP contribution in [-0.2, 0) is 7.05 Å². The van der Waals surface area contributed by atoms with Crippen molar-refractivity contribution in [2.24, 2.45) is 7.05 Å². The van der Waals surface area contributed by atoms with Crippen LogP contribution >= 0.6 is 0 Å². The third kappa shape index (κ3) is 1.26. The molecule has 0 spiro atoms. The minimum atomic E-state index is -0.517. The fourth-order valence-electron chi connectivity index (χ4n) is 1.56. The number of hydrogen-bond acceptors (Lipinski definition) is 4. The number of aldehydes is 1. The van der Waals surface area contributed by atoms with E-state index < -0.39 is 4.92 Å². The maximum Gasteiger partial charge on any atom is 0.281 e. The van der Waals surface area contributed by atoms with Gasteiger partial charge in [-0.15, -0.1) is 0 Å². The number of nitro groups is 1. The van der Waals surface area contributed by atoms with Gasteiger partial charge in [-0.3, -0.25) is 19.6 Å². The Morgan fingerprint density at radius 3 is 2.87 bits per heavy atom. The predicted octanol–water partition coefficient (Wildman–Crippen LogP) is 1.29. The Morgan fingerprint density at radius 1 is 1.53 bits per heavy atom. The van der Waals surface area contributed by atoms with Crippen LogP contribution in [0, 0.1) is 10.1 Å². The molecule has 1 aromatic heterocycles. The molecule has 0 unspecified atom stereocenters. The zero-order valence-electron chi connectivity index (χ0n) is 7.88. The molecule has 0 aliphatic heterocycles. The van der Waals surface area contributed by atoms with E-state index in [9.17, 15) is 14.9 Å². The minimum absolute atomic E-state index is 0.0947. The summed E-state index contributed by atoms with van der Waals surface area (Å²) in [6.45, 7) is 0. The molecule has 0 fully saturated rings. The molecular formula is C9H7N3O3. The van der Waals surface area contributed by atoms with Gasteiger partial charge in [0.15, 0.2) is 6.29 Å². The fourth-order valence-corrected chi connectivity index (χ4v) is 1.56. The van der Waals surface area contributed by atoms with Gasteiger partial charge in [0.05, 0.1) is 10.4 Å². The summed E-state index contributed by atoms with van der Waals surface area (Å²) in [6.07, 6.45) is 0.523. The highest BCUT2D eigenvalue weighted by Gasteiger charge is 2.18. The van der Waals surface area contributed by atoms with E-state index in [1.807, 2.05) is 0 Å². The molecule has 0 bridgehead atoms. The van der Waals surface area contributed by atoms with Gasteiger partial charge in [0.1, 0.15) is 11.1 Å². The van der Waals surface area contributed by atoms with Crippen molar-refractivity contribution in [1.82, 2.24) is 9.78 Å². The quantitative estimate of drug-likeness (QED) is 0.420. The smallest absolute Gasteiger partial charge is 0.281 e. The van der Waals surface area contributed by atoms with Gasteiger partial charge in [0, 0.05) is 13.1 Å². The van der Waals surface area contributed by atoms with Gasteiger partial charge in [0.25, 0.3) is 5.69 Å². The van der Waals surface area contributed by atoms with Crippen molar-refractivity contribution >= 4 is 22.9 Å². The number of benzene rings is 1. The largest absolute Gasteiger partial charge is 0.296 e. The zero-order valence-corrected chi connectivity index (χ0v) is 7.88. The molecule has 0 aliphatic rings. The monoisotopic (exact) mass is 205 g/mol. The molecule has 6 nitrogen and oxygen atoms in total. The number of aromatic nitrogens is 2. The first-order valence-electron chi connectivity index (χ1n) is 4.20. The van der Waals surface area contributed by atoms with Crippen molar-refractivity contribution in [1.29, 1.82) is 0 Å². The van der Waals surface area contributed by atoms with Crippen LogP contribution in [0.5, 0.6) is 0 Å². The Morgan fingerprint density at radius 2 is 2.27 bits per heavy atom. The van der Waals surface area contributed by atoms with Crippen LogP contribution in [0.2, 0.25) is 0 Å². The van der Waals surface area contributed by atoms with Crippen molar-refractivity contribution < 1.29 is 9.72 Å². The summed E-state index contributed by atoms with van der Waals surface area (Å²) in [6, 6.07) is 4.61. The maximum atomic E-state index is 10.7. The first-order chi connectivity index (χ1) is 7.15. The molecular weight excluding hydrogens is 198 g/mol. The van der Waals surface area contributed by atoms with Crippen molar-refractivity contribution in [2.75, 3.05) is 0 Å². The third-order valence-electron chi connectivity index (χ3n) is 2.19. The Labute approximate surface area is 84.3 Å². The molecule has 15 heavy (non-hydrogen) atoms. The number of non-ortho nitro benzene ring substituents is 1. The third-order valence-corrected chi connectivity index (χ3v) is 2.19. The Hall–Kier alpha value is -2.24. The number of hydrogen-bond donors (Lipinski definition) is 0. The summed E-state index contributed by atoms with van der Waals surface area (Å²) >= 11 is 0. The number of nitro benzene ring substituents is 1. The normalized spacial score (nSPS) is 10.5. The lowest BCUT2D eigenvalue weighted by Crippen LogP contribution is -1.90. The van der Waals surface area contributed by atoms with E-state index in [-0.39, 0.29) is 11.4 Å². The highest BCUT2D eigenvalue weighted by Crippen LogP contribution is 2.27. The average molecular weight is 205 g/mol. The zero-order chi connectivity index (χ0) is 11.0. The van der Waals surface area contributed by atoms with Crippen molar-refractivity contribution in [3.8, 4) is 0 Å². The second-order valence-electron chi connectivity index (χ2n) is 3.06. The van der Waals surface area contributed by atoms with E-state index in [0.29, 0.717) is 17.2 Å². The molecule has 0 saturated heterocycles. The van der Waals surface area contributed by atoms with Crippen LogP contribution in [-0.4, -0.2) is 21.0 Å². The average Bonchev–Trinajstić information content (AvgIpc) is 2.55. The molecule has 0 N–H and O–H groups in total. The maximum absolute atomic E-state index is 10.7. The second-order valence-corrected chi connectivity index (χ2v) is 3.06. The van der Waals surface area contributed by atoms with E-state index >= 15 is 0 Å². The highest BCUT2D eigenvalue weighted by molar-refractivity contribution is 6.00. The molecule has 6 heteroatoms. The van der Waals surface area contributed by atoms with E-state index in [2.05, 4.69) is 5.10 Å². The number of carbonyl (C=O) groups excluding carboxylic acids is 1. The first kappa shape index (κ1) is 9.32. The Bertz CT molecular complexity index is 559. The van der Waals surface area contributed by atoms with Gasteiger partial charge in [0.2, 0.25) is 0 Å². The lowest BCUT2D eigenvalue weighted by atomic mass is 10.2. The van der Waals surface area contributed by atoms with Crippen LogP contribution in [0.1, 0.15) is 10.5 Å². The molecule has 76 valence electrons. The van der Waals surface area contributed by atoms with Crippen LogP contribution < -0.4 is 0 Å². The SMILES string of the molecule is Cn1nc(C=O)c2c([N+](=O)[O-])cccc21. The minimum Gasteiger partial charge on any atom is -0.296 e. The number of aryl methyl sites for hydroxylation is 1. The van der Waals surface area contributed by atoms with Crippen molar-refractivity contribution in [2.45, 2.75) is 0 Å². The molecule has 1 heterocycles. The summed E-state index contributed by atoms with van der Waals surface area (Å²) in [7, 11) is 1.64. The topological polar surface area (TPSA) is 78.0 Å². The van der Waals surface area contributed by atoms with Crippen LogP contribution in [0.15, 0.2) is 18.2 Å². The number of rotatable bonds is 2. The number of carbonyl (C=O) groups is 1. The van der Waals surface area contributed by atoms with Gasteiger partial charge in [-0.25, -0.2) is 0 Å². The van der Waals surface area contributed by atoms with E-state index in [1.165, 1.54) is 10.7 Å². The van der Waals surface area contributed by atoms with Gasteiger partial charge in [-0.2, -0.15) is 5.10 Å². The summed E-state index contributed by atoms with van der Waals surface area (Å²) in [4.78, 5) is 20.9. The molecule has 0 aliphatic carbocycles. The van der Waals surface area contributed by atoms with E-state index in [1.54, 1.807) is 19.2 Å². The van der Waals surface area contributed by atoms with Crippen LogP contribution in [0.3, 0.4) is 0 Å². The summed E-state index contributed by atoms with van der Waals surface area (Å²) < 4.78 is 1.45. The van der Waals surface area contributed by atoms with Crippen molar-refractivity contribution in [3.05, 3.63) is 34.0 Å². The Balaban J connectivity index is 2.94. The lowest BCUT2D eigenvalue weighted by Gasteiger charge is -1.94. The summed E-state index contributed by atoms with van der Waals surface area (Å²) in [5, 5.41) is 14.9. The second kappa shape index (κ2) is 3.16. The highest BCUT2D eigenvalue weighted by atomic mass is 16.6. The fraction of sp³-hybridized carbons (Fsp3) is 0.111. The Kier molecular flexibility index (Phi) is 1.96. The molecule has 2 aromatic rings. The molecule has 1 aromatic carbocycles. The van der Waals surface area contributed by atoms with Crippen LogP contribution in [0.4, 0.5) is 5.69 Å². The van der Waals surface area contributed by atoms with Crippen LogP contribution in [0.25, 0.3) is 10.9 Å². The molecule has 0 radical (unpaired) electrons. The summed E-state index contributed by atoms with van der Waals surface area (Å²) in [5.74, 6) is 0. The van der Waals surface area contributed by atoms with Gasteiger partial charge in [-0.1, -0.05) is 6.07 Å². The van der Waals surface area contributed by atoms with Gasteiger partial charge < -0.3 is 0 Å². The first-order valence-corrected chi connectivity index (χ1v) is 4.20. The molecule has 0 saturated carbocycles. The van der Waals surface area contributed by atoms with E-state index in [0.717, 1.165) is 0 Å². The van der Waals surface area contributed by atoms with E-state index in [4.69, 9.17) is 0 Å². The predicted molar refractivity (Wildman–Crippen MR) is 52.8 cm³/mol. The summed E-state index contributed by atoms with van der Waals surface area (Å²) in [5.41, 5.74) is 0.578. The standard InChI is InChI=1S/C9H7N3O3/c1-11-7-3-2-4-8(12(14)15)9(7)6(5-13)10-11/h2-5H,1H3. The molecule has 0 atom stereocenters. The van der Waals surface area contributed by atoms with Gasteiger partial charge in [-0.05, 0) is 6.07 Å². The van der Waals surface area contributed by atoms with Gasteiger partial charge >= 0.3 is 0 Å². The number of fused-ring (bicyclic) bond motifs is 1.